The van der Waals surface area contributed by atoms with E-state index in [0.717, 1.165) is 16.5 Å². The van der Waals surface area contributed by atoms with Gasteiger partial charge in [-0.1, -0.05) is 0 Å². The van der Waals surface area contributed by atoms with Crippen LogP contribution in [0.15, 0.2) is 17.4 Å². The van der Waals surface area contributed by atoms with Crippen molar-refractivity contribution in [2.75, 3.05) is 12.3 Å². The Bertz CT molecular complexity index is 302. The normalized spacial score (nSPS) is 19.9. The average molecular weight is 246 g/mol. The first-order valence-corrected chi connectivity index (χ1v) is 5.98. The van der Waals surface area contributed by atoms with E-state index in [-0.39, 0.29) is 12.4 Å². The predicted molar refractivity (Wildman–Crippen MR) is 65.8 cm³/mol. The highest BCUT2D eigenvalue weighted by Crippen LogP contribution is 2.20. The van der Waals surface area contributed by atoms with E-state index in [4.69, 9.17) is 0 Å². The van der Waals surface area contributed by atoms with E-state index in [1.165, 1.54) is 19.4 Å². The van der Waals surface area contributed by atoms with Crippen molar-refractivity contribution in [2.24, 2.45) is 0 Å². The first kappa shape index (κ1) is 12.7. The average Bonchev–Trinajstić information content (AvgIpc) is 2.69. The van der Waals surface area contributed by atoms with Crippen molar-refractivity contribution in [1.82, 2.24) is 15.3 Å². The number of aryl methyl sites for hydroxylation is 1. The van der Waals surface area contributed by atoms with E-state index in [1.54, 1.807) is 12.4 Å². The molecule has 0 amide bonds. The Hall–Kier alpha value is -0.320. The summed E-state index contributed by atoms with van der Waals surface area (Å²) >= 11 is 1.81. The number of rotatable bonds is 3. The lowest BCUT2D eigenvalue weighted by Gasteiger charge is -2.09. The van der Waals surface area contributed by atoms with E-state index in [1.807, 2.05) is 18.7 Å². The van der Waals surface area contributed by atoms with Crippen LogP contribution in [0.2, 0.25) is 0 Å². The molecule has 0 spiro atoms. The van der Waals surface area contributed by atoms with Gasteiger partial charge in [0.05, 0.1) is 5.69 Å². The van der Waals surface area contributed by atoms with Gasteiger partial charge in [0.25, 0.3) is 0 Å². The number of halogens is 1. The van der Waals surface area contributed by atoms with Crippen molar-refractivity contribution in [3.8, 4) is 0 Å². The molecular weight excluding hydrogens is 230 g/mol. The number of nitrogens with one attached hydrogen (secondary N) is 1. The Morgan fingerprint density at radius 2 is 2.27 bits per heavy atom. The first-order chi connectivity index (χ1) is 6.86. The highest BCUT2D eigenvalue weighted by molar-refractivity contribution is 7.99. The molecule has 0 aromatic carbocycles. The largest absolute Gasteiger partial charge is 0.313 e. The number of aromatic nitrogens is 2. The van der Waals surface area contributed by atoms with Crippen molar-refractivity contribution in [2.45, 2.75) is 30.8 Å². The standard InChI is InChI=1S/C10H15N3S.ClH/c1-8-10(13-6-5-11-8)14-7-9-3-2-4-12-9;/h5-6,9,12H,2-4,7H2,1H3;1H. The van der Waals surface area contributed by atoms with Gasteiger partial charge in [0.1, 0.15) is 5.03 Å². The van der Waals surface area contributed by atoms with Gasteiger partial charge in [0.15, 0.2) is 0 Å². The highest BCUT2D eigenvalue weighted by Gasteiger charge is 2.14. The van der Waals surface area contributed by atoms with Crippen molar-refractivity contribution in [3.63, 3.8) is 0 Å². The van der Waals surface area contributed by atoms with Crippen molar-refractivity contribution < 1.29 is 0 Å². The molecule has 0 aliphatic carbocycles. The summed E-state index contributed by atoms with van der Waals surface area (Å²) in [6.45, 7) is 3.18. The Morgan fingerprint density at radius 1 is 1.47 bits per heavy atom. The van der Waals surface area contributed by atoms with Crippen LogP contribution in [-0.2, 0) is 0 Å². The summed E-state index contributed by atoms with van der Waals surface area (Å²) in [7, 11) is 0. The minimum Gasteiger partial charge on any atom is -0.313 e. The van der Waals surface area contributed by atoms with Gasteiger partial charge in [-0.2, -0.15) is 0 Å². The number of hydrogen-bond acceptors (Lipinski definition) is 4. The lowest BCUT2D eigenvalue weighted by Crippen LogP contribution is -2.23. The maximum absolute atomic E-state index is 4.31. The maximum atomic E-state index is 4.31. The van der Waals surface area contributed by atoms with E-state index in [9.17, 15) is 0 Å². The molecule has 1 saturated heterocycles. The van der Waals surface area contributed by atoms with Crippen molar-refractivity contribution >= 4 is 24.2 Å². The van der Waals surface area contributed by atoms with Crippen LogP contribution < -0.4 is 5.32 Å². The van der Waals surface area contributed by atoms with Crippen LogP contribution in [0.1, 0.15) is 18.5 Å². The molecule has 1 atom stereocenters. The Kier molecular flexibility index (Phi) is 5.36. The van der Waals surface area contributed by atoms with Crippen molar-refractivity contribution in [1.29, 1.82) is 0 Å². The molecule has 3 nitrogen and oxygen atoms in total. The third-order valence-electron chi connectivity index (χ3n) is 2.42. The van der Waals surface area contributed by atoms with Gasteiger partial charge >= 0.3 is 0 Å². The molecule has 1 aromatic rings. The number of thioether (sulfide) groups is 1. The zero-order chi connectivity index (χ0) is 9.80. The van der Waals surface area contributed by atoms with E-state index in [0.29, 0.717) is 6.04 Å². The topological polar surface area (TPSA) is 37.8 Å². The minimum absolute atomic E-state index is 0. The van der Waals surface area contributed by atoms with Gasteiger partial charge < -0.3 is 5.32 Å². The lowest BCUT2D eigenvalue weighted by atomic mass is 10.3. The quantitative estimate of drug-likeness (QED) is 0.828. The van der Waals surface area contributed by atoms with Gasteiger partial charge in [-0.05, 0) is 26.3 Å². The second-order valence-corrected chi connectivity index (χ2v) is 4.56. The van der Waals surface area contributed by atoms with E-state index < -0.39 is 0 Å². The third kappa shape index (κ3) is 3.63. The van der Waals surface area contributed by atoms with E-state index in [2.05, 4.69) is 15.3 Å². The van der Waals surface area contributed by atoms with Crippen LogP contribution in [0, 0.1) is 6.92 Å². The smallest absolute Gasteiger partial charge is 0.117 e. The SMILES string of the molecule is Cc1nccnc1SCC1CCCN1.Cl. The molecule has 1 aliphatic rings. The summed E-state index contributed by atoms with van der Waals surface area (Å²) in [6.07, 6.45) is 6.11. The molecule has 1 aliphatic heterocycles. The van der Waals surface area contributed by atoms with Crippen LogP contribution in [-0.4, -0.2) is 28.3 Å². The molecule has 0 saturated carbocycles. The molecule has 2 rings (SSSR count). The summed E-state index contributed by atoms with van der Waals surface area (Å²) in [6, 6.07) is 0.668. The molecule has 84 valence electrons. The lowest BCUT2D eigenvalue weighted by molar-refractivity contribution is 0.673. The number of hydrogen-bond donors (Lipinski definition) is 1. The third-order valence-corrected chi connectivity index (χ3v) is 3.66. The fourth-order valence-corrected chi connectivity index (χ4v) is 2.66. The van der Waals surface area contributed by atoms with Gasteiger partial charge in [0, 0.05) is 24.2 Å². The van der Waals surface area contributed by atoms with Crippen LogP contribution in [0.3, 0.4) is 0 Å². The summed E-state index contributed by atoms with van der Waals surface area (Å²) < 4.78 is 0. The molecule has 1 N–H and O–H groups in total. The summed E-state index contributed by atoms with van der Waals surface area (Å²) in [5.41, 5.74) is 1.04. The molecule has 5 heteroatoms. The van der Waals surface area contributed by atoms with Crippen LogP contribution in [0.4, 0.5) is 0 Å². The molecule has 0 radical (unpaired) electrons. The zero-order valence-corrected chi connectivity index (χ0v) is 10.4. The molecule has 0 bridgehead atoms. The van der Waals surface area contributed by atoms with Gasteiger partial charge in [-0.25, -0.2) is 4.98 Å². The second-order valence-electron chi connectivity index (χ2n) is 3.55. The minimum atomic E-state index is 0. The molecule has 1 fully saturated rings. The molecule has 1 aromatic heterocycles. The number of nitrogens with zero attached hydrogens (tertiary/aromatic N) is 2. The van der Waals surface area contributed by atoms with Crippen LogP contribution >= 0.6 is 24.2 Å². The summed E-state index contributed by atoms with van der Waals surface area (Å²) in [5.74, 6) is 1.11. The molecule has 15 heavy (non-hydrogen) atoms. The van der Waals surface area contributed by atoms with Crippen molar-refractivity contribution in [3.05, 3.63) is 18.1 Å². The van der Waals surface area contributed by atoms with Crippen LogP contribution in [0.25, 0.3) is 0 Å². The fraction of sp³-hybridized carbons (Fsp3) is 0.600. The first-order valence-electron chi connectivity index (χ1n) is 5.00. The molecule has 1 unspecified atom stereocenters. The Balaban J connectivity index is 0.00000112. The summed E-state index contributed by atoms with van der Waals surface area (Å²) in [4.78, 5) is 8.53. The molecule has 2 heterocycles. The van der Waals surface area contributed by atoms with Gasteiger partial charge in [-0.3, -0.25) is 4.98 Å². The van der Waals surface area contributed by atoms with Crippen LogP contribution in [0.5, 0.6) is 0 Å². The highest BCUT2D eigenvalue weighted by atomic mass is 35.5. The Labute approximate surface area is 101 Å². The van der Waals surface area contributed by atoms with E-state index >= 15 is 0 Å². The second kappa shape index (κ2) is 6.30. The summed E-state index contributed by atoms with van der Waals surface area (Å²) in [5, 5.41) is 4.55. The van der Waals surface area contributed by atoms with Gasteiger partial charge in [-0.15, -0.1) is 24.2 Å². The molecular formula is C10H16ClN3S. The maximum Gasteiger partial charge on any atom is 0.117 e. The fourth-order valence-electron chi connectivity index (χ4n) is 1.62. The monoisotopic (exact) mass is 245 g/mol. The van der Waals surface area contributed by atoms with Gasteiger partial charge in [0.2, 0.25) is 0 Å². The zero-order valence-electron chi connectivity index (χ0n) is 8.77. The predicted octanol–water partition coefficient (Wildman–Crippen LogP) is 2.05. The Morgan fingerprint density at radius 3 is 2.93 bits per heavy atom.